The summed E-state index contributed by atoms with van der Waals surface area (Å²) in [6, 6.07) is 4.89. The lowest BCUT2D eigenvalue weighted by Crippen LogP contribution is -2.38. The minimum Gasteiger partial charge on any atom is -0.299 e. The summed E-state index contributed by atoms with van der Waals surface area (Å²) >= 11 is 0. The van der Waals surface area contributed by atoms with Gasteiger partial charge in [-0.25, -0.2) is 0 Å². The average molecular weight is 316 g/mol. The summed E-state index contributed by atoms with van der Waals surface area (Å²) in [5, 5.41) is 2.05. The molecule has 2 rings (SSSR count). The molecule has 6 heteroatoms. The summed E-state index contributed by atoms with van der Waals surface area (Å²) in [7, 11) is 0. The van der Waals surface area contributed by atoms with Crippen LogP contribution in [0.4, 0.5) is 0 Å². The van der Waals surface area contributed by atoms with Gasteiger partial charge in [-0.05, 0) is 30.9 Å². The van der Waals surface area contributed by atoms with E-state index in [4.69, 9.17) is 0 Å². The first kappa shape index (κ1) is 16.9. The Kier molecular flexibility index (Phi) is 4.93. The molecule has 0 aliphatic carbocycles. The fourth-order valence-electron chi connectivity index (χ4n) is 2.82. The molecular weight excluding hydrogens is 296 g/mol. The Bertz CT molecular complexity index is 667. The number of amides is 4. The van der Waals surface area contributed by atoms with Crippen LogP contribution in [0.5, 0.6) is 0 Å². The summed E-state index contributed by atoms with van der Waals surface area (Å²) in [6.45, 7) is 5.68. The summed E-state index contributed by atoms with van der Waals surface area (Å²) in [5.74, 6) is -0.921. The van der Waals surface area contributed by atoms with Crippen LogP contribution < -0.4 is 5.32 Å². The lowest BCUT2D eigenvalue weighted by atomic mass is 9.94. The van der Waals surface area contributed by atoms with E-state index in [1.54, 1.807) is 19.1 Å². The second-order valence-electron chi connectivity index (χ2n) is 5.98. The number of nitrogens with zero attached hydrogens (tertiary/aromatic N) is 1. The van der Waals surface area contributed by atoms with E-state index in [0.717, 1.165) is 5.56 Å². The normalized spacial score (nSPS) is 14.9. The Labute approximate surface area is 134 Å². The zero-order valence-corrected chi connectivity index (χ0v) is 13.5. The van der Waals surface area contributed by atoms with Crippen molar-refractivity contribution < 1.29 is 19.2 Å². The number of carbonyl (C=O) groups excluding carboxylic acids is 4. The van der Waals surface area contributed by atoms with Gasteiger partial charge in [0.05, 0.1) is 11.1 Å². The van der Waals surface area contributed by atoms with Crippen LogP contribution in [0, 0.1) is 0 Å². The zero-order chi connectivity index (χ0) is 17.1. The van der Waals surface area contributed by atoms with Gasteiger partial charge >= 0.3 is 0 Å². The fourth-order valence-corrected chi connectivity index (χ4v) is 2.82. The van der Waals surface area contributed by atoms with E-state index in [0.29, 0.717) is 24.0 Å². The van der Waals surface area contributed by atoms with Gasteiger partial charge in [0.1, 0.15) is 0 Å². The van der Waals surface area contributed by atoms with Crippen molar-refractivity contribution in [2.24, 2.45) is 0 Å². The lowest BCUT2D eigenvalue weighted by Gasteiger charge is -2.22. The molecule has 1 N–H and O–H groups in total. The molecule has 1 aliphatic heterocycles. The molecule has 0 saturated carbocycles. The highest BCUT2D eigenvalue weighted by atomic mass is 16.2. The van der Waals surface area contributed by atoms with Crippen LogP contribution in [0.25, 0.3) is 0 Å². The minimum absolute atomic E-state index is 0.0738. The number of imide groups is 2. The van der Waals surface area contributed by atoms with Crippen molar-refractivity contribution in [2.75, 3.05) is 0 Å². The van der Waals surface area contributed by atoms with E-state index in [9.17, 15) is 19.2 Å². The van der Waals surface area contributed by atoms with E-state index in [-0.39, 0.29) is 24.2 Å². The average Bonchev–Trinajstić information content (AvgIpc) is 2.77. The Hall–Kier alpha value is -2.50. The van der Waals surface area contributed by atoms with Crippen molar-refractivity contribution in [3.05, 3.63) is 34.9 Å². The first-order valence-electron chi connectivity index (χ1n) is 7.62. The molecule has 122 valence electrons. The van der Waals surface area contributed by atoms with Gasteiger partial charge in [-0.1, -0.05) is 26.0 Å². The van der Waals surface area contributed by atoms with E-state index < -0.39 is 11.9 Å². The van der Waals surface area contributed by atoms with Gasteiger partial charge in [-0.3, -0.25) is 29.4 Å². The predicted octanol–water partition coefficient (Wildman–Crippen LogP) is 1.85. The van der Waals surface area contributed by atoms with Crippen LogP contribution in [0.2, 0.25) is 0 Å². The van der Waals surface area contributed by atoms with Gasteiger partial charge in [0.25, 0.3) is 11.8 Å². The van der Waals surface area contributed by atoms with E-state index in [1.807, 2.05) is 25.2 Å². The molecule has 1 unspecified atom stereocenters. The van der Waals surface area contributed by atoms with Crippen LogP contribution in [-0.2, 0) is 9.59 Å². The van der Waals surface area contributed by atoms with Gasteiger partial charge in [0.2, 0.25) is 12.3 Å². The number of benzene rings is 1. The molecular formula is C17H20N2O4. The molecule has 0 fully saturated rings. The second-order valence-corrected chi connectivity index (χ2v) is 5.98. The third-order valence-corrected chi connectivity index (χ3v) is 4.05. The van der Waals surface area contributed by atoms with E-state index >= 15 is 0 Å². The maximum atomic E-state index is 12.7. The quantitative estimate of drug-likeness (QED) is 0.641. The molecule has 0 spiro atoms. The number of hydrogen-bond donors (Lipinski definition) is 1. The summed E-state index contributed by atoms with van der Waals surface area (Å²) in [6.07, 6.45) is 0.705. The Morgan fingerprint density at radius 2 is 1.91 bits per heavy atom. The number of hydrogen-bond acceptors (Lipinski definition) is 4. The molecule has 23 heavy (non-hydrogen) atoms. The van der Waals surface area contributed by atoms with Crippen LogP contribution in [0.3, 0.4) is 0 Å². The summed E-state index contributed by atoms with van der Waals surface area (Å²) in [4.78, 5) is 48.0. The van der Waals surface area contributed by atoms with E-state index in [1.165, 1.54) is 4.90 Å². The third-order valence-electron chi connectivity index (χ3n) is 4.05. The molecule has 0 saturated heterocycles. The van der Waals surface area contributed by atoms with Crippen molar-refractivity contribution in [2.45, 2.75) is 45.6 Å². The topological polar surface area (TPSA) is 83.6 Å². The minimum atomic E-state index is -0.425. The first-order chi connectivity index (χ1) is 10.9. The van der Waals surface area contributed by atoms with Gasteiger partial charge in [-0.15, -0.1) is 0 Å². The van der Waals surface area contributed by atoms with Crippen LogP contribution >= 0.6 is 0 Å². The highest BCUT2D eigenvalue weighted by Crippen LogP contribution is 2.32. The fraction of sp³-hybridized carbons (Fsp3) is 0.412. The highest BCUT2D eigenvalue weighted by molar-refractivity contribution is 6.22. The van der Waals surface area contributed by atoms with E-state index in [2.05, 4.69) is 0 Å². The van der Waals surface area contributed by atoms with Crippen molar-refractivity contribution in [1.29, 1.82) is 0 Å². The Balaban J connectivity index is 2.21. The molecule has 0 bridgehead atoms. The zero-order valence-electron chi connectivity index (χ0n) is 13.5. The van der Waals surface area contributed by atoms with Crippen molar-refractivity contribution in [3.63, 3.8) is 0 Å². The summed E-state index contributed by atoms with van der Waals surface area (Å²) in [5.41, 5.74) is 1.75. The van der Waals surface area contributed by atoms with Crippen LogP contribution in [0.1, 0.15) is 65.8 Å². The first-order valence-corrected chi connectivity index (χ1v) is 7.62. The molecule has 6 nitrogen and oxygen atoms in total. The molecule has 0 radical (unpaired) electrons. The van der Waals surface area contributed by atoms with Gasteiger partial charge in [0, 0.05) is 12.5 Å². The second kappa shape index (κ2) is 6.73. The monoisotopic (exact) mass is 316 g/mol. The van der Waals surface area contributed by atoms with Gasteiger partial charge in [0.15, 0.2) is 0 Å². The Morgan fingerprint density at radius 3 is 2.52 bits per heavy atom. The number of nitrogens with one attached hydrogen (secondary N) is 1. The molecule has 4 amide bonds. The number of fused-ring (bicyclic) bond motifs is 1. The molecule has 1 heterocycles. The Morgan fingerprint density at radius 1 is 1.22 bits per heavy atom. The summed E-state index contributed by atoms with van der Waals surface area (Å²) < 4.78 is 0. The van der Waals surface area contributed by atoms with Gasteiger partial charge < -0.3 is 0 Å². The highest BCUT2D eigenvalue weighted by Gasteiger charge is 2.40. The van der Waals surface area contributed by atoms with Crippen molar-refractivity contribution in [3.8, 4) is 0 Å². The molecule has 1 aromatic rings. The van der Waals surface area contributed by atoms with Crippen molar-refractivity contribution in [1.82, 2.24) is 10.2 Å². The van der Waals surface area contributed by atoms with Crippen molar-refractivity contribution >= 4 is 24.1 Å². The maximum Gasteiger partial charge on any atom is 0.262 e. The van der Waals surface area contributed by atoms with Gasteiger partial charge in [-0.2, -0.15) is 0 Å². The van der Waals surface area contributed by atoms with Crippen LogP contribution in [0.15, 0.2) is 18.2 Å². The standard InChI is InChI=1S/C17H20N2O4/c1-10(2)12-5-4-6-13-15(12)17(23)19(16(13)22)11(3)7-8-14(21)18-9-20/h4-6,9-11H,7-8H2,1-3H3,(H,18,20,21). The lowest BCUT2D eigenvalue weighted by molar-refractivity contribution is -0.125. The molecule has 0 aromatic heterocycles. The SMILES string of the molecule is CC(C)c1cccc2c1C(=O)N(C(C)CCC(=O)NC=O)C2=O. The largest absolute Gasteiger partial charge is 0.299 e. The molecule has 1 aliphatic rings. The molecule has 1 atom stereocenters. The van der Waals surface area contributed by atoms with Crippen LogP contribution in [-0.4, -0.2) is 35.1 Å². The molecule has 1 aromatic carbocycles. The number of carbonyl (C=O) groups is 4. The third kappa shape index (κ3) is 3.16. The maximum absolute atomic E-state index is 12.7. The number of rotatable bonds is 6. The predicted molar refractivity (Wildman–Crippen MR) is 83.9 cm³/mol. The smallest absolute Gasteiger partial charge is 0.262 e.